The molecule has 4 rings (SSSR count). The maximum atomic E-state index is 15.1. The van der Waals surface area contributed by atoms with E-state index >= 15 is 13.2 Å². The molecule has 0 N–H and O–H groups in total. The normalized spacial score (nSPS) is 13.8. The van der Waals surface area contributed by atoms with Crippen molar-refractivity contribution >= 4 is 0 Å². The van der Waals surface area contributed by atoms with Crippen LogP contribution in [-0.4, -0.2) is 0 Å². The van der Waals surface area contributed by atoms with Crippen LogP contribution >= 0.6 is 0 Å². The van der Waals surface area contributed by atoms with Gasteiger partial charge in [0.05, 0.1) is 5.56 Å². The van der Waals surface area contributed by atoms with Gasteiger partial charge < -0.3 is 4.74 Å². The average molecular weight is 467 g/mol. The molecule has 1 nitrogen and oxygen atoms in total. The Morgan fingerprint density at radius 3 is 2.09 bits per heavy atom. The summed E-state index contributed by atoms with van der Waals surface area (Å²) in [6.45, 7) is 4.27. The Hall–Kier alpha value is -2.75. The predicted molar refractivity (Wildman–Crippen MR) is 133 cm³/mol. The van der Waals surface area contributed by atoms with Gasteiger partial charge in [-0.15, -0.1) is 0 Å². The largest absolute Gasteiger partial charge is 0.427 e. The fraction of sp³-hybridized carbons (Fsp3) is 0.400. The molecule has 0 fully saturated rings. The van der Waals surface area contributed by atoms with Gasteiger partial charge in [-0.1, -0.05) is 94.5 Å². The Balaban J connectivity index is 1.60. The van der Waals surface area contributed by atoms with Crippen LogP contribution in [-0.2, 0) is 19.0 Å². The first-order chi connectivity index (χ1) is 16.4. The first kappa shape index (κ1) is 24.4. The highest BCUT2D eigenvalue weighted by Gasteiger charge is 2.43. The van der Waals surface area contributed by atoms with E-state index in [1.165, 1.54) is 30.9 Å². The van der Waals surface area contributed by atoms with Crippen LogP contribution < -0.4 is 4.74 Å². The van der Waals surface area contributed by atoms with Gasteiger partial charge in [-0.05, 0) is 59.6 Å². The quantitative estimate of drug-likeness (QED) is 0.270. The average Bonchev–Trinajstić information content (AvgIpc) is 2.84. The Bertz CT molecular complexity index is 1120. The number of hydrogen-bond acceptors (Lipinski definition) is 1. The Morgan fingerprint density at radius 2 is 1.35 bits per heavy atom. The van der Waals surface area contributed by atoms with Crippen LogP contribution in [0.2, 0.25) is 0 Å². The second-order valence-electron chi connectivity index (χ2n) is 9.26. The molecule has 0 spiro atoms. The molecule has 0 amide bonds. The molecule has 3 aromatic rings. The van der Waals surface area contributed by atoms with Crippen molar-refractivity contribution in [3.8, 4) is 28.0 Å². The lowest BCUT2D eigenvalue weighted by atomic mass is 9.90. The van der Waals surface area contributed by atoms with E-state index in [4.69, 9.17) is 4.74 Å². The molecule has 4 heteroatoms. The van der Waals surface area contributed by atoms with Gasteiger partial charge in [0.1, 0.15) is 0 Å². The summed E-state index contributed by atoms with van der Waals surface area (Å²) in [5.41, 5.74) is 3.73. The molecule has 0 saturated heterocycles. The molecule has 0 unspecified atom stereocenters. The number of aryl methyl sites for hydroxylation is 2. The molecular weight excluding hydrogens is 433 g/mol. The summed E-state index contributed by atoms with van der Waals surface area (Å²) in [6.07, 6.45) is 5.59. The van der Waals surface area contributed by atoms with Crippen LogP contribution in [0.5, 0.6) is 5.75 Å². The standard InChI is InChI=1S/C30H33F3O/c1-3-5-7-9-10-21-12-14-22(15-13-21)24-17-18-25-26-19-16-23(11-8-6-4-2)28(31)29(26)34-30(32,33)27(25)20-24/h12-20H,3-11H2,1-2H3. The summed E-state index contributed by atoms with van der Waals surface area (Å²) >= 11 is 0. The van der Waals surface area contributed by atoms with Crippen molar-refractivity contribution in [2.45, 2.75) is 77.7 Å². The molecule has 0 bridgehead atoms. The third kappa shape index (κ3) is 5.16. The maximum absolute atomic E-state index is 15.1. The molecule has 34 heavy (non-hydrogen) atoms. The zero-order valence-electron chi connectivity index (χ0n) is 20.1. The molecular formula is C30H33F3O. The highest BCUT2D eigenvalue weighted by molar-refractivity contribution is 5.80. The predicted octanol–water partition coefficient (Wildman–Crippen LogP) is 9.46. The monoisotopic (exact) mass is 466 g/mol. The molecule has 1 aliphatic rings. The van der Waals surface area contributed by atoms with E-state index in [1.54, 1.807) is 18.2 Å². The molecule has 0 aliphatic carbocycles. The third-order valence-electron chi connectivity index (χ3n) is 6.69. The van der Waals surface area contributed by atoms with Gasteiger partial charge in [-0.3, -0.25) is 0 Å². The summed E-state index contributed by atoms with van der Waals surface area (Å²) in [5, 5.41) is 0. The number of rotatable bonds is 10. The van der Waals surface area contributed by atoms with Crippen LogP contribution in [0.15, 0.2) is 54.6 Å². The lowest BCUT2D eigenvalue weighted by Crippen LogP contribution is -2.27. The summed E-state index contributed by atoms with van der Waals surface area (Å²) < 4.78 is 50.2. The number of fused-ring (bicyclic) bond motifs is 3. The first-order valence-corrected chi connectivity index (χ1v) is 12.6. The fourth-order valence-corrected chi connectivity index (χ4v) is 4.67. The highest BCUT2D eigenvalue weighted by atomic mass is 19.3. The minimum absolute atomic E-state index is 0.223. The van der Waals surface area contributed by atoms with Crippen molar-refractivity contribution in [2.75, 3.05) is 0 Å². The van der Waals surface area contributed by atoms with Crippen LogP contribution in [0.1, 0.15) is 75.5 Å². The van der Waals surface area contributed by atoms with Gasteiger partial charge in [-0.2, -0.15) is 8.78 Å². The van der Waals surface area contributed by atoms with E-state index in [0.29, 0.717) is 28.7 Å². The van der Waals surface area contributed by atoms with Crippen molar-refractivity contribution in [3.05, 3.63) is 77.1 Å². The number of hydrogen-bond donors (Lipinski definition) is 0. The van der Waals surface area contributed by atoms with Gasteiger partial charge in [0, 0.05) is 5.56 Å². The number of benzene rings is 3. The Labute approximate surface area is 201 Å². The Kier molecular flexibility index (Phi) is 7.65. The van der Waals surface area contributed by atoms with E-state index in [9.17, 15) is 0 Å². The fourth-order valence-electron chi connectivity index (χ4n) is 4.67. The van der Waals surface area contributed by atoms with E-state index in [0.717, 1.165) is 37.7 Å². The summed E-state index contributed by atoms with van der Waals surface area (Å²) in [4.78, 5) is 0. The van der Waals surface area contributed by atoms with E-state index in [1.807, 2.05) is 18.2 Å². The summed E-state index contributed by atoms with van der Waals surface area (Å²) in [6, 6.07) is 16.5. The molecule has 180 valence electrons. The second kappa shape index (κ2) is 10.7. The van der Waals surface area contributed by atoms with Gasteiger partial charge in [0.2, 0.25) is 0 Å². The molecule has 1 heterocycles. The first-order valence-electron chi connectivity index (χ1n) is 12.6. The molecule has 0 atom stereocenters. The molecule has 0 saturated carbocycles. The van der Waals surface area contributed by atoms with Crippen molar-refractivity contribution < 1.29 is 17.9 Å². The summed E-state index contributed by atoms with van der Waals surface area (Å²) in [5.74, 6) is -1.01. The number of unbranched alkanes of at least 4 members (excludes halogenated alkanes) is 5. The Morgan fingerprint density at radius 1 is 0.706 bits per heavy atom. The van der Waals surface area contributed by atoms with Crippen LogP contribution in [0.25, 0.3) is 22.3 Å². The number of alkyl halides is 2. The van der Waals surface area contributed by atoms with Crippen LogP contribution in [0.3, 0.4) is 0 Å². The van der Waals surface area contributed by atoms with Crippen molar-refractivity contribution in [2.24, 2.45) is 0 Å². The van der Waals surface area contributed by atoms with E-state index in [-0.39, 0.29) is 11.3 Å². The summed E-state index contributed by atoms with van der Waals surface area (Å²) in [7, 11) is 0. The second-order valence-corrected chi connectivity index (χ2v) is 9.26. The van der Waals surface area contributed by atoms with Gasteiger partial charge in [-0.25, -0.2) is 4.39 Å². The molecule has 0 radical (unpaired) electrons. The van der Waals surface area contributed by atoms with E-state index in [2.05, 4.69) is 26.0 Å². The van der Waals surface area contributed by atoms with Gasteiger partial charge in [0.15, 0.2) is 11.6 Å². The number of ether oxygens (including phenoxy) is 1. The minimum atomic E-state index is -3.60. The zero-order valence-corrected chi connectivity index (χ0v) is 20.1. The smallest absolute Gasteiger partial charge is 0.425 e. The SMILES string of the molecule is CCCCCCc1ccc(-c2ccc3c(c2)C(F)(F)Oc2c-3ccc(CCCCC)c2F)cc1. The van der Waals surface area contributed by atoms with Crippen LogP contribution in [0.4, 0.5) is 13.2 Å². The lowest BCUT2D eigenvalue weighted by molar-refractivity contribution is -0.188. The van der Waals surface area contributed by atoms with Crippen LogP contribution in [0, 0.1) is 5.82 Å². The van der Waals surface area contributed by atoms with Crippen molar-refractivity contribution in [3.63, 3.8) is 0 Å². The third-order valence-corrected chi connectivity index (χ3v) is 6.69. The van der Waals surface area contributed by atoms with Gasteiger partial charge >= 0.3 is 6.11 Å². The molecule has 1 aliphatic heterocycles. The maximum Gasteiger partial charge on any atom is 0.427 e. The van der Waals surface area contributed by atoms with E-state index < -0.39 is 11.9 Å². The zero-order chi connectivity index (χ0) is 24.1. The van der Waals surface area contributed by atoms with Crippen molar-refractivity contribution in [1.82, 2.24) is 0 Å². The molecule has 0 aromatic heterocycles. The number of halogens is 3. The minimum Gasteiger partial charge on any atom is -0.425 e. The highest BCUT2D eigenvalue weighted by Crippen LogP contribution is 2.49. The molecule has 3 aromatic carbocycles. The lowest BCUT2D eigenvalue weighted by Gasteiger charge is -2.29. The van der Waals surface area contributed by atoms with Gasteiger partial charge in [0.25, 0.3) is 0 Å². The topological polar surface area (TPSA) is 9.23 Å². The van der Waals surface area contributed by atoms with Crippen molar-refractivity contribution in [1.29, 1.82) is 0 Å².